The third-order valence-electron chi connectivity index (χ3n) is 6.02. The lowest BCUT2D eigenvalue weighted by Gasteiger charge is -2.35. The van der Waals surface area contributed by atoms with Crippen LogP contribution in [0.15, 0.2) is 43.2 Å². The summed E-state index contributed by atoms with van der Waals surface area (Å²) in [5.41, 5.74) is 3.23. The molecule has 31 heavy (non-hydrogen) atoms. The Morgan fingerprint density at radius 1 is 1.00 bits per heavy atom. The molecule has 4 aromatic heterocycles. The van der Waals surface area contributed by atoms with Crippen molar-refractivity contribution < 1.29 is 0 Å². The fourth-order valence-corrected chi connectivity index (χ4v) is 4.10. The van der Waals surface area contributed by atoms with Crippen LogP contribution in [0.25, 0.3) is 16.9 Å². The molecular weight excluding hydrogens is 392 g/mol. The SMILES string of the molecule is c1nc2c(Nc3ccc(N4CCN(CC5CC5)CC4)nc3)ncc(-c3cn[nH]c3)n2n1. The smallest absolute Gasteiger partial charge is 0.199 e. The standard InChI is InChI=1S/C21H24N10/c1-2-15(1)13-29-5-7-30(8-6-29)19-4-3-17(11-22-19)28-20-21-24-14-27-31(21)18(12-23-20)16-9-25-26-10-16/h3-4,9-12,14-15H,1-2,5-8,13H2,(H,23,28)(H,25,26). The summed E-state index contributed by atoms with van der Waals surface area (Å²) in [7, 11) is 0. The number of nitrogens with one attached hydrogen (secondary N) is 2. The van der Waals surface area contributed by atoms with Crippen LogP contribution in [0.1, 0.15) is 12.8 Å². The molecule has 0 bridgehead atoms. The van der Waals surface area contributed by atoms with Gasteiger partial charge in [-0.15, -0.1) is 0 Å². The first-order valence-electron chi connectivity index (χ1n) is 10.7. The number of pyridine rings is 1. The second-order valence-electron chi connectivity index (χ2n) is 8.24. The van der Waals surface area contributed by atoms with Gasteiger partial charge in [-0.3, -0.25) is 10.00 Å². The van der Waals surface area contributed by atoms with E-state index in [1.54, 1.807) is 23.1 Å². The van der Waals surface area contributed by atoms with Crippen molar-refractivity contribution in [1.82, 2.24) is 39.7 Å². The predicted octanol–water partition coefficient (Wildman–Crippen LogP) is 2.18. The first-order chi connectivity index (χ1) is 15.3. The third-order valence-corrected chi connectivity index (χ3v) is 6.02. The highest BCUT2D eigenvalue weighted by Crippen LogP contribution is 2.30. The van der Waals surface area contributed by atoms with Crippen LogP contribution in [-0.4, -0.2) is 72.4 Å². The molecule has 2 fully saturated rings. The summed E-state index contributed by atoms with van der Waals surface area (Å²) in [5.74, 6) is 2.61. The average Bonchev–Trinajstić information content (AvgIpc) is 3.26. The summed E-state index contributed by atoms with van der Waals surface area (Å²) in [6.45, 7) is 5.58. The molecule has 2 N–H and O–H groups in total. The van der Waals surface area contributed by atoms with Gasteiger partial charge in [0.2, 0.25) is 0 Å². The van der Waals surface area contributed by atoms with E-state index in [-0.39, 0.29) is 0 Å². The average molecular weight is 416 g/mol. The molecule has 0 radical (unpaired) electrons. The van der Waals surface area contributed by atoms with E-state index in [0.717, 1.165) is 54.9 Å². The number of rotatable bonds is 6. The monoisotopic (exact) mass is 416 g/mol. The Bertz CT molecular complexity index is 1150. The maximum absolute atomic E-state index is 4.68. The van der Waals surface area contributed by atoms with Gasteiger partial charge < -0.3 is 10.2 Å². The van der Waals surface area contributed by atoms with Gasteiger partial charge in [-0.2, -0.15) is 10.2 Å². The lowest BCUT2D eigenvalue weighted by molar-refractivity contribution is 0.247. The van der Waals surface area contributed by atoms with E-state index in [4.69, 9.17) is 0 Å². The molecule has 4 aromatic rings. The molecule has 10 nitrogen and oxygen atoms in total. The Balaban J connectivity index is 1.16. The highest BCUT2D eigenvalue weighted by atomic mass is 15.3. The van der Waals surface area contributed by atoms with E-state index in [0.29, 0.717) is 11.5 Å². The van der Waals surface area contributed by atoms with Crippen molar-refractivity contribution in [1.29, 1.82) is 0 Å². The molecule has 1 aliphatic heterocycles. The summed E-state index contributed by atoms with van der Waals surface area (Å²) in [5, 5.41) is 14.5. The largest absolute Gasteiger partial charge is 0.354 e. The van der Waals surface area contributed by atoms with Crippen molar-refractivity contribution in [2.75, 3.05) is 42.9 Å². The van der Waals surface area contributed by atoms with Crippen LogP contribution in [0, 0.1) is 5.92 Å². The van der Waals surface area contributed by atoms with Crippen LogP contribution >= 0.6 is 0 Å². The molecular formula is C21H24N10. The molecule has 0 unspecified atom stereocenters. The van der Waals surface area contributed by atoms with E-state index in [9.17, 15) is 0 Å². The van der Waals surface area contributed by atoms with Gasteiger partial charge in [-0.25, -0.2) is 19.5 Å². The summed E-state index contributed by atoms with van der Waals surface area (Å²) < 4.78 is 1.75. The first-order valence-corrected chi connectivity index (χ1v) is 10.7. The van der Waals surface area contributed by atoms with Crippen LogP contribution in [0.4, 0.5) is 17.3 Å². The summed E-state index contributed by atoms with van der Waals surface area (Å²) in [4.78, 5) is 18.6. The van der Waals surface area contributed by atoms with E-state index in [1.807, 2.05) is 12.3 Å². The molecule has 1 saturated heterocycles. The van der Waals surface area contributed by atoms with Gasteiger partial charge in [0.25, 0.3) is 0 Å². The normalized spacial score (nSPS) is 17.4. The van der Waals surface area contributed by atoms with Crippen molar-refractivity contribution in [3.05, 3.63) is 43.2 Å². The summed E-state index contributed by atoms with van der Waals surface area (Å²) in [6, 6.07) is 4.11. The number of aromatic amines is 1. The minimum absolute atomic E-state index is 0.632. The Hall–Kier alpha value is -3.53. The van der Waals surface area contributed by atoms with Crippen LogP contribution in [-0.2, 0) is 0 Å². The molecule has 1 saturated carbocycles. The molecule has 6 rings (SSSR count). The van der Waals surface area contributed by atoms with Crippen molar-refractivity contribution in [3.63, 3.8) is 0 Å². The quantitative estimate of drug-likeness (QED) is 0.493. The van der Waals surface area contributed by atoms with E-state index in [1.165, 1.54) is 25.7 Å². The molecule has 0 atom stereocenters. The number of hydrogen-bond acceptors (Lipinski definition) is 8. The number of fused-ring (bicyclic) bond motifs is 1. The van der Waals surface area contributed by atoms with Crippen molar-refractivity contribution in [3.8, 4) is 11.3 Å². The Kier molecular flexibility index (Phi) is 4.49. The third kappa shape index (κ3) is 3.70. The maximum Gasteiger partial charge on any atom is 0.199 e. The van der Waals surface area contributed by atoms with Gasteiger partial charge in [0.05, 0.1) is 30.0 Å². The van der Waals surface area contributed by atoms with Gasteiger partial charge in [0.1, 0.15) is 12.1 Å². The van der Waals surface area contributed by atoms with E-state index < -0.39 is 0 Å². The van der Waals surface area contributed by atoms with Crippen LogP contribution in [0.2, 0.25) is 0 Å². The van der Waals surface area contributed by atoms with Gasteiger partial charge in [0.15, 0.2) is 11.5 Å². The summed E-state index contributed by atoms with van der Waals surface area (Å²) in [6.07, 6.45) is 11.5. The molecule has 0 amide bonds. The topological polar surface area (TPSA) is 103 Å². The fraction of sp³-hybridized carbons (Fsp3) is 0.381. The molecule has 5 heterocycles. The Labute approximate surface area is 179 Å². The van der Waals surface area contributed by atoms with Crippen LogP contribution in [0.5, 0.6) is 0 Å². The highest BCUT2D eigenvalue weighted by Gasteiger charge is 2.26. The molecule has 2 aliphatic rings. The van der Waals surface area contributed by atoms with Crippen molar-refractivity contribution >= 4 is 23.0 Å². The number of piperazine rings is 1. The first kappa shape index (κ1) is 18.3. The Morgan fingerprint density at radius 3 is 2.65 bits per heavy atom. The minimum Gasteiger partial charge on any atom is -0.354 e. The molecule has 0 aromatic carbocycles. The van der Waals surface area contributed by atoms with Crippen molar-refractivity contribution in [2.45, 2.75) is 12.8 Å². The molecule has 0 spiro atoms. The van der Waals surface area contributed by atoms with Crippen LogP contribution in [0.3, 0.4) is 0 Å². The number of hydrogen-bond donors (Lipinski definition) is 2. The second-order valence-corrected chi connectivity index (χ2v) is 8.24. The zero-order valence-corrected chi connectivity index (χ0v) is 17.1. The number of aromatic nitrogens is 7. The molecule has 158 valence electrons. The summed E-state index contributed by atoms with van der Waals surface area (Å²) >= 11 is 0. The van der Waals surface area contributed by atoms with Crippen molar-refractivity contribution in [2.24, 2.45) is 5.92 Å². The molecule has 10 heteroatoms. The number of anilines is 3. The Morgan fingerprint density at radius 2 is 1.90 bits per heavy atom. The van der Waals surface area contributed by atoms with Crippen LogP contribution < -0.4 is 10.2 Å². The number of nitrogens with zero attached hydrogens (tertiary/aromatic N) is 8. The lowest BCUT2D eigenvalue weighted by atomic mass is 10.2. The zero-order chi connectivity index (χ0) is 20.6. The zero-order valence-electron chi connectivity index (χ0n) is 17.1. The lowest BCUT2D eigenvalue weighted by Crippen LogP contribution is -2.47. The van der Waals surface area contributed by atoms with E-state index >= 15 is 0 Å². The number of H-pyrrole nitrogens is 1. The highest BCUT2D eigenvalue weighted by molar-refractivity contribution is 5.73. The molecule has 1 aliphatic carbocycles. The van der Waals surface area contributed by atoms with Gasteiger partial charge in [-0.1, -0.05) is 0 Å². The second kappa shape index (κ2) is 7.62. The van der Waals surface area contributed by atoms with Gasteiger partial charge in [0, 0.05) is 44.5 Å². The predicted molar refractivity (Wildman–Crippen MR) is 117 cm³/mol. The fourth-order valence-electron chi connectivity index (χ4n) is 4.10. The van der Waals surface area contributed by atoms with E-state index in [2.05, 4.69) is 51.4 Å². The maximum atomic E-state index is 4.68. The van der Waals surface area contributed by atoms with Gasteiger partial charge in [-0.05, 0) is 30.9 Å². The minimum atomic E-state index is 0.632. The van der Waals surface area contributed by atoms with Gasteiger partial charge >= 0.3 is 0 Å².